The van der Waals surface area contributed by atoms with Crippen LogP contribution >= 0.6 is 22.9 Å². The van der Waals surface area contributed by atoms with E-state index in [0.717, 1.165) is 16.9 Å². The van der Waals surface area contributed by atoms with Crippen molar-refractivity contribution in [2.24, 2.45) is 0 Å². The first-order valence-corrected chi connectivity index (χ1v) is 11.2. The van der Waals surface area contributed by atoms with Crippen LogP contribution in [0, 0.1) is 6.92 Å². The number of sulfonamides is 1. The third kappa shape index (κ3) is 3.80. The average Bonchev–Trinajstić information content (AvgIpc) is 3.32. The molecule has 1 aromatic carbocycles. The number of hydrogen-bond acceptors (Lipinski definition) is 6. The minimum Gasteiger partial charge on any atom is -0.420 e. The van der Waals surface area contributed by atoms with Crippen LogP contribution in [0.5, 0.6) is 0 Å². The Morgan fingerprint density at radius 3 is 2.44 bits per heavy atom. The highest BCUT2D eigenvalue weighted by Gasteiger charge is 2.32. The quantitative estimate of drug-likeness (QED) is 0.624. The highest BCUT2D eigenvalue weighted by Crippen LogP contribution is 2.34. The molecule has 1 aliphatic rings. The number of benzene rings is 1. The van der Waals surface area contributed by atoms with Crippen molar-refractivity contribution in [1.82, 2.24) is 14.5 Å². The van der Waals surface area contributed by atoms with Crippen LogP contribution in [0.3, 0.4) is 0 Å². The van der Waals surface area contributed by atoms with Gasteiger partial charge in [-0.1, -0.05) is 29.3 Å². The van der Waals surface area contributed by atoms with Gasteiger partial charge in [-0.2, -0.15) is 4.31 Å². The van der Waals surface area contributed by atoms with Crippen molar-refractivity contribution >= 4 is 33.0 Å². The van der Waals surface area contributed by atoms with Crippen LogP contribution in [0.1, 0.15) is 30.2 Å². The Morgan fingerprint density at radius 2 is 1.81 bits per heavy atom. The molecule has 0 unspecified atom stereocenters. The summed E-state index contributed by atoms with van der Waals surface area (Å²) in [5.74, 6) is 1.13. The van der Waals surface area contributed by atoms with Gasteiger partial charge in [0.1, 0.15) is 4.21 Å². The molecule has 1 saturated heterocycles. The predicted molar refractivity (Wildman–Crippen MR) is 105 cm³/mol. The van der Waals surface area contributed by atoms with Gasteiger partial charge >= 0.3 is 0 Å². The SMILES string of the molecule is Cc1ccc(-c2nnc(C3CCN(S(=O)(=O)c4ccc(Cl)s4)CC3)o2)cc1. The van der Waals surface area contributed by atoms with Crippen LogP contribution in [0.25, 0.3) is 11.5 Å². The first kappa shape index (κ1) is 18.6. The number of rotatable bonds is 4. The lowest BCUT2D eigenvalue weighted by molar-refractivity contribution is 0.292. The second kappa shape index (κ2) is 7.35. The van der Waals surface area contributed by atoms with Crippen molar-refractivity contribution < 1.29 is 12.8 Å². The molecule has 1 fully saturated rings. The molecular formula is C18H18ClN3O3S2. The third-order valence-electron chi connectivity index (χ3n) is 4.69. The zero-order chi connectivity index (χ0) is 19.0. The maximum atomic E-state index is 12.7. The summed E-state index contributed by atoms with van der Waals surface area (Å²) in [6, 6.07) is 11.1. The Morgan fingerprint density at radius 1 is 1.11 bits per heavy atom. The summed E-state index contributed by atoms with van der Waals surface area (Å²) in [5, 5.41) is 8.34. The van der Waals surface area contributed by atoms with Gasteiger partial charge in [-0.3, -0.25) is 0 Å². The van der Waals surface area contributed by atoms with Gasteiger partial charge in [-0.05, 0) is 44.0 Å². The monoisotopic (exact) mass is 423 g/mol. The van der Waals surface area contributed by atoms with E-state index in [1.54, 1.807) is 12.1 Å². The highest BCUT2D eigenvalue weighted by atomic mass is 35.5. The van der Waals surface area contributed by atoms with Crippen LogP contribution in [0.2, 0.25) is 4.34 Å². The van der Waals surface area contributed by atoms with E-state index in [0.29, 0.717) is 42.0 Å². The number of piperidine rings is 1. The smallest absolute Gasteiger partial charge is 0.252 e. The third-order valence-corrected chi connectivity index (χ3v) is 8.28. The number of thiophene rings is 1. The first-order chi connectivity index (χ1) is 12.9. The van der Waals surface area contributed by atoms with E-state index in [2.05, 4.69) is 10.2 Å². The van der Waals surface area contributed by atoms with E-state index >= 15 is 0 Å². The Labute approximate surface area is 166 Å². The van der Waals surface area contributed by atoms with Gasteiger partial charge in [0, 0.05) is 24.6 Å². The molecule has 0 N–H and O–H groups in total. The van der Waals surface area contributed by atoms with Gasteiger partial charge in [0.05, 0.1) is 4.34 Å². The van der Waals surface area contributed by atoms with Gasteiger partial charge < -0.3 is 4.42 Å². The van der Waals surface area contributed by atoms with E-state index in [9.17, 15) is 8.42 Å². The van der Waals surface area contributed by atoms with Gasteiger partial charge in [-0.25, -0.2) is 8.42 Å². The second-order valence-electron chi connectivity index (χ2n) is 6.55. The summed E-state index contributed by atoms with van der Waals surface area (Å²) in [6.07, 6.45) is 1.29. The van der Waals surface area contributed by atoms with Crippen LogP contribution in [-0.2, 0) is 10.0 Å². The maximum Gasteiger partial charge on any atom is 0.252 e. The molecule has 142 valence electrons. The Bertz CT molecular complexity index is 1040. The molecule has 3 heterocycles. The maximum absolute atomic E-state index is 12.7. The zero-order valence-electron chi connectivity index (χ0n) is 14.6. The summed E-state index contributed by atoms with van der Waals surface area (Å²) in [4.78, 5) is 0. The number of aryl methyl sites for hydroxylation is 1. The van der Waals surface area contributed by atoms with Crippen molar-refractivity contribution in [2.45, 2.75) is 29.9 Å². The molecule has 0 aliphatic carbocycles. The minimum atomic E-state index is -3.49. The lowest BCUT2D eigenvalue weighted by Crippen LogP contribution is -2.37. The fourth-order valence-corrected chi connectivity index (χ4v) is 6.23. The van der Waals surface area contributed by atoms with Gasteiger partial charge in [0.15, 0.2) is 0 Å². The molecule has 0 amide bonds. The van der Waals surface area contributed by atoms with E-state index in [4.69, 9.17) is 16.0 Å². The van der Waals surface area contributed by atoms with Gasteiger partial charge in [0.25, 0.3) is 10.0 Å². The lowest BCUT2D eigenvalue weighted by atomic mass is 9.98. The fourth-order valence-electron chi connectivity index (χ4n) is 3.12. The summed E-state index contributed by atoms with van der Waals surface area (Å²) in [7, 11) is -3.49. The van der Waals surface area contributed by atoms with E-state index in [-0.39, 0.29) is 10.1 Å². The molecule has 0 bridgehead atoms. The van der Waals surface area contributed by atoms with Gasteiger partial charge in [-0.15, -0.1) is 21.5 Å². The summed E-state index contributed by atoms with van der Waals surface area (Å²) >= 11 is 6.96. The standard InChI is InChI=1S/C18H18ClN3O3S2/c1-12-2-4-13(5-3-12)17-20-21-18(25-17)14-8-10-22(11-9-14)27(23,24)16-7-6-15(19)26-16/h2-7,14H,8-11H2,1H3. The topological polar surface area (TPSA) is 76.3 Å². The molecule has 2 aromatic heterocycles. The fraction of sp³-hybridized carbons (Fsp3) is 0.333. The summed E-state index contributed by atoms with van der Waals surface area (Å²) in [6.45, 7) is 2.87. The molecule has 9 heteroatoms. The van der Waals surface area contributed by atoms with Crippen molar-refractivity contribution in [3.63, 3.8) is 0 Å². The van der Waals surface area contributed by atoms with Crippen LogP contribution < -0.4 is 0 Å². The predicted octanol–water partition coefficient (Wildman–Crippen LogP) is 4.33. The van der Waals surface area contributed by atoms with Crippen molar-refractivity contribution in [3.05, 3.63) is 52.2 Å². The second-order valence-corrected chi connectivity index (χ2v) is 10.4. The van der Waals surface area contributed by atoms with Crippen LogP contribution in [-0.4, -0.2) is 36.0 Å². The average molecular weight is 424 g/mol. The molecule has 27 heavy (non-hydrogen) atoms. The highest BCUT2D eigenvalue weighted by molar-refractivity contribution is 7.91. The number of aromatic nitrogens is 2. The number of hydrogen-bond donors (Lipinski definition) is 0. The molecule has 0 spiro atoms. The lowest BCUT2D eigenvalue weighted by Gasteiger charge is -2.29. The van der Waals surface area contributed by atoms with Gasteiger partial charge in [0.2, 0.25) is 11.8 Å². The molecular weight excluding hydrogens is 406 g/mol. The van der Waals surface area contributed by atoms with Crippen molar-refractivity contribution in [3.8, 4) is 11.5 Å². The van der Waals surface area contributed by atoms with Crippen LogP contribution in [0.4, 0.5) is 0 Å². The van der Waals surface area contributed by atoms with Crippen molar-refractivity contribution in [1.29, 1.82) is 0 Å². The van der Waals surface area contributed by atoms with Crippen LogP contribution in [0.15, 0.2) is 45.0 Å². The molecule has 0 saturated carbocycles. The zero-order valence-corrected chi connectivity index (χ0v) is 17.0. The number of halogens is 1. The van der Waals surface area contributed by atoms with Crippen molar-refractivity contribution in [2.75, 3.05) is 13.1 Å². The Balaban J connectivity index is 1.44. The normalized spacial score (nSPS) is 16.7. The van der Waals surface area contributed by atoms with E-state index in [1.165, 1.54) is 9.87 Å². The van der Waals surface area contributed by atoms with E-state index < -0.39 is 10.0 Å². The first-order valence-electron chi connectivity index (χ1n) is 8.59. The summed E-state index contributed by atoms with van der Waals surface area (Å²) < 4.78 is 33.5. The molecule has 3 aromatic rings. The largest absolute Gasteiger partial charge is 0.420 e. The molecule has 0 radical (unpaired) electrons. The minimum absolute atomic E-state index is 0.0649. The molecule has 4 rings (SSSR count). The Kier molecular flexibility index (Phi) is 5.07. The van der Waals surface area contributed by atoms with E-state index in [1.807, 2.05) is 31.2 Å². The number of nitrogens with zero attached hydrogens (tertiary/aromatic N) is 3. The Hall–Kier alpha value is -1.74. The molecule has 1 aliphatic heterocycles. The molecule has 0 atom stereocenters. The molecule has 6 nitrogen and oxygen atoms in total. The summed E-state index contributed by atoms with van der Waals surface area (Å²) in [5.41, 5.74) is 2.05.